The average molecular weight is 278 g/mol. The summed E-state index contributed by atoms with van der Waals surface area (Å²) in [6, 6.07) is 6.36. The van der Waals surface area contributed by atoms with Gasteiger partial charge in [-0.05, 0) is 19.4 Å². The Hall–Kier alpha value is -1.91. The number of benzene rings is 1. The van der Waals surface area contributed by atoms with Gasteiger partial charge < -0.3 is 10.2 Å². The van der Waals surface area contributed by atoms with E-state index in [4.69, 9.17) is 4.84 Å². The van der Waals surface area contributed by atoms with Crippen LogP contribution in [-0.2, 0) is 9.63 Å². The van der Waals surface area contributed by atoms with Crippen LogP contribution in [0.2, 0.25) is 0 Å². The molecule has 1 aromatic rings. The number of unbranched alkanes of at least 4 members (excludes halogenated alkanes) is 1. The molecule has 5 heteroatoms. The van der Waals surface area contributed by atoms with Crippen molar-refractivity contribution in [3.63, 3.8) is 0 Å². The van der Waals surface area contributed by atoms with Crippen molar-refractivity contribution in [2.24, 2.45) is 5.16 Å². The first-order valence-electron chi connectivity index (χ1n) is 6.85. The summed E-state index contributed by atoms with van der Waals surface area (Å²) < 4.78 is 13.7. The lowest BCUT2D eigenvalue weighted by Crippen LogP contribution is -2.45. The number of halogens is 1. The molecule has 20 heavy (non-hydrogen) atoms. The summed E-state index contributed by atoms with van der Waals surface area (Å²) in [5, 5.41) is 6.71. The Morgan fingerprint density at radius 3 is 2.95 bits per heavy atom. The molecule has 1 heterocycles. The van der Waals surface area contributed by atoms with Gasteiger partial charge in [-0.3, -0.25) is 4.79 Å². The van der Waals surface area contributed by atoms with Crippen molar-refractivity contribution in [3.05, 3.63) is 35.6 Å². The number of nitrogens with zero attached hydrogens (tertiary/aromatic N) is 1. The lowest BCUT2D eigenvalue weighted by Gasteiger charge is -2.20. The Balaban J connectivity index is 2.03. The third-order valence-electron chi connectivity index (χ3n) is 3.34. The maximum Gasteiger partial charge on any atom is 0.267 e. The van der Waals surface area contributed by atoms with Crippen LogP contribution in [0.5, 0.6) is 0 Å². The molecule has 1 unspecified atom stereocenters. The molecule has 1 N–H and O–H groups in total. The van der Waals surface area contributed by atoms with Gasteiger partial charge >= 0.3 is 0 Å². The molecule has 0 fully saturated rings. The minimum atomic E-state index is -1.05. The maximum atomic E-state index is 13.7. The van der Waals surface area contributed by atoms with E-state index < -0.39 is 5.60 Å². The zero-order chi connectivity index (χ0) is 14.6. The number of hydrogen-bond acceptors (Lipinski definition) is 3. The molecule has 0 aliphatic carbocycles. The predicted molar refractivity (Wildman–Crippen MR) is 75.0 cm³/mol. The van der Waals surface area contributed by atoms with Crippen molar-refractivity contribution >= 4 is 11.6 Å². The standard InChI is InChI=1S/C15H19FN2O2/c1-3-4-9-17-14(19)15(2)10-13(18-20-15)11-7-5-6-8-12(11)16/h5-8H,3-4,9-10H2,1-2H3,(H,17,19). The van der Waals surface area contributed by atoms with Gasteiger partial charge in [0.25, 0.3) is 5.91 Å². The van der Waals surface area contributed by atoms with Crippen LogP contribution in [0.4, 0.5) is 4.39 Å². The number of carbonyl (C=O) groups excluding carboxylic acids is 1. The molecule has 0 spiro atoms. The Morgan fingerprint density at radius 1 is 1.50 bits per heavy atom. The predicted octanol–water partition coefficient (Wildman–Crippen LogP) is 2.63. The first kappa shape index (κ1) is 14.5. The fourth-order valence-electron chi connectivity index (χ4n) is 2.07. The quantitative estimate of drug-likeness (QED) is 0.842. The molecule has 1 aromatic carbocycles. The van der Waals surface area contributed by atoms with Crippen LogP contribution in [-0.4, -0.2) is 23.8 Å². The first-order chi connectivity index (χ1) is 9.57. The topological polar surface area (TPSA) is 50.7 Å². The van der Waals surface area contributed by atoms with Crippen LogP contribution < -0.4 is 5.32 Å². The normalized spacial score (nSPS) is 21.2. The van der Waals surface area contributed by atoms with Crippen molar-refractivity contribution in [1.29, 1.82) is 0 Å². The molecule has 2 rings (SSSR count). The summed E-state index contributed by atoms with van der Waals surface area (Å²) in [4.78, 5) is 17.4. The van der Waals surface area contributed by atoms with Crippen LogP contribution in [0.3, 0.4) is 0 Å². The van der Waals surface area contributed by atoms with E-state index in [2.05, 4.69) is 17.4 Å². The van der Waals surface area contributed by atoms with Crippen LogP contribution in [0.1, 0.15) is 38.7 Å². The van der Waals surface area contributed by atoms with Gasteiger partial charge in [-0.2, -0.15) is 0 Å². The highest BCUT2D eigenvalue weighted by molar-refractivity contribution is 6.05. The minimum Gasteiger partial charge on any atom is -0.379 e. The van der Waals surface area contributed by atoms with Crippen molar-refractivity contribution in [3.8, 4) is 0 Å². The Morgan fingerprint density at radius 2 is 2.25 bits per heavy atom. The molecule has 1 atom stereocenters. The Bertz CT molecular complexity index is 530. The fourth-order valence-corrected chi connectivity index (χ4v) is 2.07. The largest absolute Gasteiger partial charge is 0.379 e. The second kappa shape index (κ2) is 6.03. The number of nitrogens with one attached hydrogen (secondary N) is 1. The molecule has 0 saturated heterocycles. The molecule has 0 bridgehead atoms. The van der Waals surface area contributed by atoms with E-state index in [-0.39, 0.29) is 18.1 Å². The number of hydrogen-bond donors (Lipinski definition) is 1. The lowest BCUT2D eigenvalue weighted by atomic mass is 9.95. The van der Waals surface area contributed by atoms with E-state index in [0.29, 0.717) is 17.8 Å². The van der Waals surface area contributed by atoms with Gasteiger partial charge in [0.05, 0.1) is 5.71 Å². The summed E-state index contributed by atoms with van der Waals surface area (Å²) >= 11 is 0. The van der Waals surface area contributed by atoms with Crippen molar-refractivity contribution < 1.29 is 14.0 Å². The van der Waals surface area contributed by atoms with Crippen molar-refractivity contribution in [2.45, 2.75) is 38.7 Å². The van der Waals surface area contributed by atoms with E-state index in [1.54, 1.807) is 25.1 Å². The highest BCUT2D eigenvalue weighted by atomic mass is 19.1. The first-order valence-corrected chi connectivity index (χ1v) is 6.85. The molecule has 1 aliphatic heterocycles. The smallest absolute Gasteiger partial charge is 0.267 e. The number of carbonyl (C=O) groups is 1. The zero-order valence-corrected chi connectivity index (χ0v) is 11.8. The molecule has 1 aliphatic rings. The van der Waals surface area contributed by atoms with Gasteiger partial charge in [-0.25, -0.2) is 4.39 Å². The molecule has 0 radical (unpaired) electrons. The van der Waals surface area contributed by atoms with Crippen molar-refractivity contribution in [1.82, 2.24) is 5.32 Å². The van der Waals surface area contributed by atoms with E-state index in [0.717, 1.165) is 12.8 Å². The van der Waals surface area contributed by atoms with Gasteiger partial charge in [-0.1, -0.05) is 36.7 Å². The maximum absolute atomic E-state index is 13.7. The van der Waals surface area contributed by atoms with Gasteiger partial charge in [-0.15, -0.1) is 0 Å². The highest BCUT2D eigenvalue weighted by Gasteiger charge is 2.42. The zero-order valence-electron chi connectivity index (χ0n) is 11.8. The molecule has 108 valence electrons. The van der Waals surface area contributed by atoms with Gasteiger partial charge in [0.15, 0.2) is 0 Å². The highest BCUT2D eigenvalue weighted by Crippen LogP contribution is 2.27. The van der Waals surface area contributed by atoms with Gasteiger partial charge in [0, 0.05) is 18.5 Å². The molecule has 0 aromatic heterocycles. The van der Waals surface area contributed by atoms with Crippen LogP contribution in [0, 0.1) is 5.82 Å². The summed E-state index contributed by atoms with van der Waals surface area (Å²) in [6.45, 7) is 4.34. The monoisotopic (exact) mass is 278 g/mol. The van der Waals surface area contributed by atoms with E-state index in [9.17, 15) is 9.18 Å². The molecule has 4 nitrogen and oxygen atoms in total. The number of oxime groups is 1. The summed E-state index contributed by atoms with van der Waals surface area (Å²) in [5.74, 6) is -0.563. The summed E-state index contributed by atoms with van der Waals surface area (Å²) in [6.07, 6.45) is 2.20. The van der Waals surface area contributed by atoms with Crippen LogP contribution in [0.25, 0.3) is 0 Å². The van der Waals surface area contributed by atoms with E-state index in [1.165, 1.54) is 6.07 Å². The number of amides is 1. The molecule has 1 amide bonds. The third-order valence-corrected chi connectivity index (χ3v) is 3.34. The third kappa shape index (κ3) is 2.98. The second-order valence-corrected chi connectivity index (χ2v) is 5.13. The summed E-state index contributed by atoms with van der Waals surface area (Å²) in [7, 11) is 0. The molecular weight excluding hydrogens is 259 g/mol. The van der Waals surface area contributed by atoms with E-state index in [1.807, 2.05) is 0 Å². The molecule has 0 saturated carbocycles. The van der Waals surface area contributed by atoms with Gasteiger partial charge in [0.2, 0.25) is 5.60 Å². The minimum absolute atomic E-state index is 0.207. The average Bonchev–Trinajstić information content (AvgIpc) is 2.83. The number of rotatable bonds is 5. The molecular formula is C15H19FN2O2. The van der Waals surface area contributed by atoms with E-state index >= 15 is 0 Å². The van der Waals surface area contributed by atoms with Crippen LogP contribution in [0.15, 0.2) is 29.4 Å². The SMILES string of the molecule is CCCCNC(=O)C1(C)CC(c2ccccc2F)=NO1. The fraction of sp³-hybridized carbons (Fsp3) is 0.467. The van der Waals surface area contributed by atoms with Crippen LogP contribution >= 0.6 is 0 Å². The van der Waals surface area contributed by atoms with Gasteiger partial charge in [0.1, 0.15) is 5.82 Å². The Kier molecular flexibility index (Phi) is 4.37. The summed E-state index contributed by atoms with van der Waals surface area (Å²) in [5.41, 5.74) is -0.195. The second-order valence-electron chi connectivity index (χ2n) is 5.13. The Labute approximate surface area is 118 Å². The van der Waals surface area contributed by atoms with Crippen molar-refractivity contribution in [2.75, 3.05) is 6.54 Å². The lowest BCUT2D eigenvalue weighted by molar-refractivity contribution is -0.141.